The van der Waals surface area contributed by atoms with Crippen LogP contribution in [-0.4, -0.2) is 41.8 Å². The number of hydrogen-bond acceptors (Lipinski definition) is 5. The van der Waals surface area contributed by atoms with Crippen LogP contribution in [0.25, 0.3) is 0 Å². The molecule has 0 saturated heterocycles. The molecule has 0 aliphatic heterocycles. The van der Waals surface area contributed by atoms with Crippen molar-refractivity contribution in [2.75, 3.05) is 32.2 Å². The molecule has 2 N–H and O–H groups in total. The number of aliphatic hydroxyl groups is 1. The van der Waals surface area contributed by atoms with Crippen LogP contribution < -0.4 is 10.1 Å². The molecule has 0 saturated carbocycles. The van der Waals surface area contributed by atoms with Crippen molar-refractivity contribution in [2.24, 2.45) is 0 Å². The fourth-order valence-electron chi connectivity index (χ4n) is 2.33. The van der Waals surface area contributed by atoms with E-state index in [9.17, 15) is 0 Å². The number of aryl methyl sites for hydroxylation is 1. The summed E-state index contributed by atoms with van der Waals surface area (Å²) in [4.78, 5) is 0. The zero-order chi connectivity index (χ0) is 16.7. The van der Waals surface area contributed by atoms with Gasteiger partial charge in [-0.25, -0.2) is 4.68 Å². The van der Waals surface area contributed by atoms with Crippen LogP contribution in [0.1, 0.15) is 16.8 Å². The van der Waals surface area contributed by atoms with Gasteiger partial charge in [-0.1, -0.05) is 12.1 Å². The number of ether oxygens (including phenoxy) is 2. The Bertz CT molecular complexity index is 626. The number of benzene rings is 1. The maximum Gasteiger partial charge on any atom is 0.127 e. The van der Waals surface area contributed by atoms with Gasteiger partial charge in [-0.15, -0.1) is 0 Å². The summed E-state index contributed by atoms with van der Waals surface area (Å²) < 4.78 is 12.4. The summed E-state index contributed by atoms with van der Waals surface area (Å²) >= 11 is 0. The molecule has 1 aromatic heterocycles. The number of nitrogens with zero attached hydrogens (tertiary/aromatic N) is 2. The van der Waals surface area contributed by atoms with Gasteiger partial charge in [-0.3, -0.25) is 0 Å². The summed E-state index contributed by atoms with van der Waals surface area (Å²) in [6, 6.07) is 7.97. The minimum atomic E-state index is 0.0675. The number of aliphatic hydroxyl groups excluding tert-OH is 1. The quantitative estimate of drug-likeness (QED) is 0.693. The Morgan fingerprint density at radius 1 is 1.26 bits per heavy atom. The lowest BCUT2D eigenvalue weighted by Gasteiger charge is -2.11. The molecular formula is C17H25N3O3. The van der Waals surface area contributed by atoms with Gasteiger partial charge in [0.25, 0.3) is 0 Å². The summed E-state index contributed by atoms with van der Waals surface area (Å²) in [6.45, 7) is 6.33. The van der Waals surface area contributed by atoms with E-state index >= 15 is 0 Å². The van der Waals surface area contributed by atoms with Crippen molar-refractivity contribution >= 4 is 5.82 Å². The van der Waals surface area contributed by atoms with Crippen LogP contribution in [0.3, 0.4) is 0 Å². The van der Waals surface area contributed by atoms with E-state index in [1.54, 1.807) is 7.11 Å². The fourth-order valence-corrected chi connectivity index (χ4v) is 2.33. The molecule has 0 spiro atoms. The Morgan fingerprint density at radius 3 is 2.83 bits per heavy atom. The van der Waals surface area contributed by atoms with Crippen LogP contribution in [0.15, 0.2) is 24.3 Å². The predicted octanol–water partition coefficient (Wildman–Crippen LogP) is 2.13. The van der Waals surface area contributed by atoms with E-state index < -0.39 is 0 Å². The molecule has 0 bridgehead atoms. The SMILES string of the molecule is COCCOc1cccc(CNc2c(C)c(C)nn2CCO)c1. The summed E-state index contributed by atoms with van der Waals surface area (Å²) in [7, 11) is 1.66. The van der Waals surface area contributed by atoms with Crippen LogP contribution >= 0.6 is 0 Å². The number of rotatable bonds is 9. The monoisotopic (exact) mass is 319 g/mol. The lowest BCUT2D eigenvalue weighted by Crippen LogP contribution is -2.11. The van der Waals surface area contributed by atoms with Gasteiger partial charge in [0.1, 0.15) is 18.2 Å². The van der Waals surface area contributed by atoms with Crippen molar-refractivity contribution < 1.29 is 14.6 Å². The van der Waals surface area contributed by atoms with E-state index in [-0.39, 0.29) is 6.61 Å². The van der Waals surface area contributed by atoms with Crippen LogP contribution in [0.5, 0.6) is 5.75 Å². The molecule has 0 radical (unpaired) electrons. The molecule has 2 aromatic rings. The highest BCUT2D eigenvalue weighted by Gasteiger charge is 2.10. The van der Waals surface area contributed by atoms with E-state index in [4.69, 9.17) is 14.6 Å². The largest absolute Gasteiger partial charge is 0.491 e. The normalized spacial score (nSPS) is 10.8. The standard InChI is InChI=1S/C17H25N3O3/c1-13-14(2)19-20(7-8-21)17(13)18-12-15-5-4-6-16(11-15)23-10-9-22-3/h4-6,11,18,21H,7-10,12H2,1-3H3. The molecule has 0 aliphatic carbocycles. The van der Waals surface area contributed by atoms with Gasteiger partial charge in [0, 0.05) is 19.2 Å². The van der Waals surface area contributed by atoms with Gasteiger partial charge in [0.15, 0.2) is 0 Å². The first-order valence-electron chi connectivity index (χ1n) is 7.75. The minimum absolute atomic E-state index is 0.0675. The van der Waals surface area contributed by atoms with Gasteiger partial charge in [0.2, 0.25) is 0 Å². The molecule has 126 valence electrons. The first kappa shape index (κ1) is 17.3. The highest BCUT2D eigenvalue weighted by molar-refractivity contribution is 5.47. The highest BCUT2D eigenvalue weighted by Crippen LogP contribution is 2.20. The summed E-state index contributed by atoms with van der Waals surface area (Å²) in [5, 5.41) is 17.0. The molecule has 0 fully saturated rings. The molecule has 0 aliphatic rings. The molecule has 23 heavy (non-hydrogen) atoms. The lowest BCUT2D eigenvalue weighted by atomic mass is 10.2. The molecule has 1 heterocycles. The van der Waals surface area contributed by atoms with E-state index in [2.05, 4.69) is 10.4 Å². The molecule has 0 atom stereocenters. The maximum atomic E-state index is 9.15. The first-order valence-corrected chi connectivity index (χ1v) is 7.75. The van der Waals surface area contributed by atoms with E-state index in [0.29, 0.717) is 26.3 Å². The smallest absolute Gasteiger partial charge is 0.127 e. The third kappa shape index (κ3) is 4.71. The number of hydrogen-bond donors (Lipinski definition) is 2. The van der Waals surface area contributed by atoms with E-state index in [1.165, 1.54) is 0 Å². The molecule has 6 heteroatoms. The minimum Gasteiger partial charge on any atom is -0.491 e. The van der Waals surface area contributed by atoms with Crippen molar-refractivity contribution in [3.63, 3.8) is 0 Å². The van der Waals surface area contributed by atoms with Crippen LogP contribution in [0, 0.1) is 13.8 Å². The number of methoxy groups -OCH3 is 1. The van der Waals surface area contributed by atoms with Gasteiger partial charge >= 0.3 is 0 Å². The zero-order valence-corrected chi connectivity index (χ0v) is 14.0. The Morgan fingerprint density at radius 2 is 2.09 bits per heavy atom. The van der Waals surface area contributed by atoms with Crippen LogP contribution in [0.2, 0.25) is 0 Å². The zero-order valence-electron chi connectivity index (χ0n) is 14.0. The third-order valence-electron chi connectivity index (χ3n) is 3.65. The van der Waals surface area contributed by atoms with Gasteiger partial charge < -0.3 is 19.9 Å². The third-order valence-corrected chi connectivity index (χ3v) is 3.65. The van der Waals surface area contributed by atoms with E-state index in [1.807, 2.05) is 42.8 Å². The molecule has 2 rings (SSSR count). The van der Waals surface area contributed by atoms with E-state index in [0.717, 1.165) is 28.4 Å². The highest BCUT2D eigenvalue weighted by atomic mass is 16.5. The first-order chi connectivity index (χ1) is 11.2. The Hall–Kier alpha value is -2.05. The number of nitrogens with one attached hydrogen (secondary N) is 1. The fraction of sp³-hybridized carbons (Fsp3) is 0.471. The topological polar surface area (TPSA) is 68.5 Å². The second-order valence-electron chi connectivity index (χ2n) is 5.35. The van der Waals surface area contributed by atoms with Gasteiger partial charge in [-0.05, 0) is 31.5 Å². The summed E-state index contributed by atoms with van der Waals surface area (Å²) in [5.74, 6) is 1.78. The Kier molecular flexibility index (Phi) is 6.43. The van der Waals surface area contributed by atoms with Crippen molar-refractivity contribution in [2.45, 2.75) is 26.9 Å². The predicted molar refractivity (Wildman–Crippen MR) is 89.9 cm³/mol. The van der Waals surface area contributed by atoms with Crippen molar-refractivity contribution in [3.8, 4) is 5.75 Å². The molecule has 0 unspecified atom stereocenters. The molecule has 1 aromatic carbocycles. The van der Waals surface area contributed by atoms with Gasteiger partial charge in [-0.2, -0.15) is 5.10 Å². The molecular weight excluding hydrogens is 294 g/mol. The average Bonchev–Trinajstić information content (AvgIpc) is 2.81. The summed E-state index contributed by atoms with van der Waals surface area (Å²) in [5.41, 5.74) is 3.19. The Labute approximate surface area is 137 Å². The number of aromatic nitrogens is 2. The molecule has 6 nitrogen and oxygen atoms in total. The lowest BCUT2D eigenvalue weighted by molar-refractivity contribution is 0.146. The van der Waals surface area contributed by atoms with Crippen LogP contribution in [-0.2, 0) is 17.8 Å². The van der Waals surface area contributed by atoms with Crippen molar-refractivity contribution in [1.82, 2.24) is 9.78 Å². The van der Waals surface area contributed by atoms with Gasteiger partial charge in [0.05, 0.1) is 25.5 Å². The second-order valence-corrected chi connectivity index (χ2v) is 5.35. The van der Waals surface area contributed by atoms with Crippen LogP contribution in [0.4, 0.5) is 5.82 Å². The second kappa shape index (κ2) is 8.55. The number of anilines is 1. The van der Waals surface area contributed by atoms with Crippen molar-refractivity contribution in [3.05, 3.63) is 41.1 Å². The summed E-state index contributed by atoms with van der Waals surface area (Å²) in [6.07, 6.45) is 0. The average molecular weight is 319 g/mol. The Balaban J connectivity index is 2.02. The maximum absolute atomic E-state index is 9.15. The van der Waals surface area contributed by atoms with Crippen molar-refractivity contribution in [1.29, 1.82) is 0 Å². The molecule has 0 amide bonds.